The number of carbonyl (C=O) groups excluding carboxylic acids is 2. The number of nitrogens with one attached hydrogen (secondary N) is 2. The predicted molar refractivity (Wildman–Crippen MR) is 90.1 cm³/mol. The summed E-state index contributed by atoms with van der Waals surface area (Å²) in [7, 11) is 0. The van der Waals surface area contributed by atoms with Crippen LogP contribution in [0.4, 0.5) is 24.5 Å². The average molecular weight is 388 g/mol. The van der Waals surface area contributed by atoms with Gasteiger partial charge in [0.05, 0.1) is 17.5 Å². The van der Waals surface area contributed by atoms with Crippen LogP contribution in [0.15, 0.2) is 18.2 Å². The van der Waals surface area contributed by atoms with Gasteiger partial charge in [0.25, 0.3) is 5.69 Å². The SMILES string of the molecule is Cc1ccc(NC(=O)CN2CCCC2C(=O)NCC(F)(F)F)c([N+](=O)[O-])c1. The molecule has 0 spiro atoms. The first-order valence-electron chi connectivity index (χ1n) is 8.20. The smallest absolute Gasteiger partial charge is 0.346 e. The first-order chi connectivity index (χ1) is 12.6. The molecule has 2 amide bonds. The van der Waals surface area contributed by atoms with E-state index in [1.165, 1.54) is 17.0 Å². The third kappa shape index (κ3) is 5.91. The van der Waals surface area contributed by atoms with Gasteiger partial charge in [0, 0.05) is 6.07 Å². The molecule has 1 atom stereocenters. The second kappa shape index (κ2) is 8.33. The third-order valence-corrected chi connectivity index (χ3v) is 4.10. The van der Waals surface area contributed by atoms with Gasteiger partial charge in [-0.25, -0.2) is 0 Å². The molecule has 11 heteroatoms. The van der Waals surface area contributed by atoms with Gasteiger partial charge in [-0.2, -0.15) is 13.2 Å². The number of alkyl halides is 3. The fourth-order valence-corrected chi connectivity index (χ4v) is 2.89. The van der Waals surface area contributed by atoms with Gasteiger partial charge in [0.2, 0.25) is 11.8 Å². The van der Waals surface area contributed by atoms with Gasteiger partial charge < -0.3 is 10.6 Å². The minimum atomic E-state index is -4.51. The van der Waals surface area contributed by atoms with Gasteiger partial charge in [-0.05, 0) is 37.9 Å². The number of halogens is 3. The molecule has 1 aliphatic rings. The number of aryl methyl sites for hydroxylation is 1. The summed E-state index contributed by atoms with van der Waals surface area (Å²) in [6.45, 7) is 0.355. The maximum absolute atomic E-state index is 12.2. The van der Waals surface area contributed by atoms with Gasteiger partial charge in [-0.15, -0.1) is 0 Å². The van der Waals surface area contributed by atoms with Crippen LogP contribution in [0.2, 0.25) is 0 Å². The second-order valence-corrected chi connectivity index (χ2v) is 6.29. The molecule has 0 radical (unpaired) electrons. The van der Waals surface area contributed by atoms with E-state index in [-0.39, 0.29) is 17.9 Å². The maximum Gasteiger partial charge on any atom is 0.405 e. The third-order valence-electron chi connectivity index (χ3n) is 4.10. The number of benzene rings is 1. The highest BCUT2D eigenvalue weighted by molar-refractivity contribution is 5.95. The summed E-state index contributed by atoms with van der Waals surface area (Å²) in [4.78, 5) is 36.1. The van der Waals surface area contributed by atoms with E-state index >= 15 is 0 Å². The van der Waals surface area contributed by atoms with E-state index in [4.69, 9.17) is 0 Å². The zero-order chi connectivity index (χ0) is 20.2. The number of hydrogen-bond acceptors (Lipinski definition) is 5. The number of carbonyl (C=O) groups is 2. The van der Waals surface area contributed by atoms with Crippen LogP contribution in [-0.2, 0) is 9.59 Å². The summed E-state index contributed by atoms with van der Waals surface area (Å²) in [5.74, 6) is -1.38. The van der Waals surface area contributed by atoms with Crippen molar-refractivity contribution < 1.29 is 27.7 Å². The largest absolute Gasteiger partial charge is 0.405 e. The molecule has 1 aliphatic heterocycles. The fraction of sp³-hybridized carbons (Fsp3) is 0.500. The van der Waals surface area contributed by atoms with E-state index in [1.807, 2.05) is 5.32 Å². The number of nitro benzene ring substituents is 1. The zero-order valence-corrected chi connectivity index (χ0v) is 14.5. The molecule has 1 fully saturated rings. The van der Waals surface area contributed by atoms with Gasteiger partial charge in [-0.1, -0.05) is 6.07 Å². The topological polar surface area (TPSA) is 105 Å². The van der Waals surface area contributed by atoms with Crippen molar-refractivity contribution >= 4 is 23.2 Å². The maximum atomic E-state index is 12.2. The lowest BCUT2D eigenvalue weighted by molar-refractivity contribution is -0.384. The Morgan fingerprint density at radius 3 is 2.70 bits per heavy atom. The molecule has 0 aliphatic carbocycles. The van der Waals surface area contributed by atoms with Gasteiger partial charge in [0.15, 0.2) is 0 Å². The molecule has 0 saturated carbocycles. The summed E-state index contributed by atoms with van der Waals surface area (Å²) in [6.07, 6.45) is -3.62. The first kappa shape index (κ1) is 20.6. The standard InChI is InChI=1S/C16H19F3N4O4/c1-10-4-5-11(13(7-10)23(26)27)21-14(24)8-22-6-2-3-12(22)15(25)20-9-16(17,18)19/h4-5,7,12H,2-3,6,8-9H2,1H3,(H,20,25)(H,21,24). The van der Waals surface area contributed by atoms with Crippen LogP contribution in [0.25, 0.3) is 0 Å². The van der Waals surface area contributed by atoms with Crippen LogP contribution in [0.5, 0.6) is 0 Å². The molecule has 1 saturated heterocycles. The lowest BCUT2D eigenvalue weighted by atomic mass is 10.2. The summed E-state index contributed by atoms with van der Waals surface area (Å²) in [6, 6.07) is 3.49. The van der Waals surface area contributed by atoms with Crippen LogP contribution in [0, 0.1) is 17.0 Å². The molecule has 2 rings (SSSR count). The Balaban J connectivity index is 1.99. The van der Waals surface area contributed by atoms with Crippen molar-refractivity contribution in [3.63, 3.8) is 0 Å². The lowest BCUT2D eigenvalue weighted by Crippen LogP contribution is -2.47. The Hall–Kier alpha value is -2.69. The molecule has 8 nitrogen and oxygen atoms in total. The van der Waals surface area contributed by atoms with E-state index in [2.05, 4.69) is 5.32 Å². The molecule has 1 aromatic rings. The van der Waals surface area contributed by atoms with Crippen LogP contribution in [0.1, 0.15) is 18.4 Å². The van der Waals surface area contributed by atoms with Gasteiger partial charge in [0.1, 0.15) is 12.2 Å². The van der Waals surface area contributed by atoms with Crippen molar-refractivity contribution in [2.45, 2.75) is 32.0 Å². The quantitative estimate of drug-likeness (QED) is 0.573. The molecular formula is C16H19F3N4O4. The Morgan fingerprint density at radius 1 is 1.37 bits per heavy atom. The summed E-state index contributed by atoms with van der Waals surface area (Å²) in [5, 5.41) is 15.3. The number of rotatable bonds is 6. The number of nitro groups is 1. The fourth-order valence-electron chi connectivity index (χ4n) is 2.89. The van der Waals surface area contributed by atoms with Crippen molar-refractivity contribution in [2.75, 3.05) is 25.0 Å². The number of nitrogens with zero attached hydrogens (tertiary/aromatic N) is 2. The Kier molecular flexibility index (Phi) is 6.37. The first-order valence-corrected chi connectivity index (χ1v) is 8.20. The van der Waals surface area contributed by atoms with Crippen LogP contribution >= 0.6 is 0 Å². The molecule has 0 bridgehead atoms. The van der Waals surface area contributed by atoms with Crippen molar-refractivity contribution in [3.8, 4) is 0 Å². The van der Waals surface area contributed by atoms with E-state index in [0.29, 0.717) is 24.9 Å². The Labute approximate surface area is 152 Å². The highest BCUT2D eigenvalue weighted by atomic mass is 19.4. The summed E-state index contributed by atoms with van der Waals surface area (Å²) >= 11 is 0. The van der Waals surface area contributed by atoms with Crippen LogP contribution < -0.4 is 10.6 Å². The Bertz CT molecular complexity index is 739. The normalized spacial score (nSPS) is 17.6. The lowest BCUT2D eigenvalue weighted by Gasteiger charge is -2.23. The molecule has 2 N–H and O–H groups in total. The van der Waals surface area contributed by atoms with Crippen molar-refractivity contribution in [3.05, 3.63) is 33.9 Å². The zero-order valence-electron chi connectivity index (χ0n) is 14.5. The molecule has 1 aromatic carbocycles. The van der Waals surface area contributed by atoms with E-state index in [1.54, 1.807) is 13.0 Å². The highest BCUT2D eigenvalue weighted by Crippen LogP contribution is 2.25. The van der Waals surface area contributed by atoms with E-state index < -0.39 is 35.5 Å². The van der Waals surface area contributed by atoms with Crippen molar-refractivity contribution in [2.24, 2.45) is 0 Å². The summed E-state index contributed by atoms with van der Waals surface area (Å²) in [5.41, 5.74) is 0.415. The molecule has 0 aromatic heterocycles. The molecular weight excluding hydrogens is 369 g/mol. The van der Waals surface area contributed by atoms with Crippen molar-refractivity contribution in [1.82, 2.24) is 10.2 Å². The average Bonchev–Trinajstić information content (AvgIpc) is 3.01. The van der Waals surface area contributed by atoms with E-state index in [9.17, 15) is 32.9 Å². The van der Waals surface area contributed by atoms with Gasteiger partial charge in [-0.3, -0.25) is 24.6 Å². The van der Waals surface area contributed by atoms with Crippen LogP contribution in [0.3, 0.4) is 0 Å². The molecule has 1 heterocycles. The molecule has 27 heavy (non-hydrogen) atoms. The predicted octanol–water partition coefficient (Wildman–Crippen LogP) is 1.98. The highest BCUT2D eigenvalue weighted by Gasteiger charge is 2.35. The van der Waals surface area contributed by atoms with Crippen LogP contribution in [-0.4, -0.2) is 53.5 Å². The summed E-state index contributed by atoms with van der Waals surface area (Å²) < 4.78 is 36.7. The van der Waals surface area contributed by atoms with Gasteiger partial charge >= 0.3 is 6.18 Å². The minimum Gasteiger partial charge on any atom is -0.346 e. The minimum absolute atomic E-state index is 0.0212. The monoisotopic (exact) mass is 388 g/mol. The number of hydrogen-bond donors (Lipinski definition) is 2. The molecule has 1 unspecified atom stereocenters. The number of anilines is 1. The Morgan fingerprint density at radius 2 is 2.07 bits per heavy atom. The number of likely N-dealkylation sites (tertiary alicyclic amines) is 1. The van der Waals surface area contributed by atoms with Crippen molar-refractivity contribution in [1.29, 1.82) is 0 Å². The van der Waals surface area contributed by atoms with E-state index in [0.717, 1.165) is 0 Å². The molecule has 148 valence electrons. The number of amides is 2. The second-order valence-electron chi connectivity index (χ2n) is 6.29.